The second kappa shape index (κ2) is 5.48. The number of phenolic OH excluding ortho intramolecular Hbond substituents is 1. The molecule has 0 aromatic heterocycles. The highest BCUT2D eigenvalue weighted by atomic mass is 16.3. The van der Waals surface area contributed by atoms with Gasteiger partial charge in [-0.2, -0.15) is 0 Å². The van der Waals surface area contributed by atoms with Gasteiger partial charge < -0.3 is 5.11 Å². The average molecular weight is 190 g/mol. The van der Waals surface area contributed by atoms with E-state index < -0.39 is 0 Å². The first-order valence-corrected chi connectivity index (χ1v) is 5.18. The molecular weight excluding hydrogens is 172 g/mol. The number of phenols is 1. The quantitative estimate of drug-likeness (QED) is 0.715. The number of allylic oxidation sites excluding steroid dienone is 2. The summed E-state index contributed by atoms with van der Waals surface area (Å²) in [5.41, 5.74) is 1.06. The number of para-hydroxylation sites is 1. The molecule has 1 atom stereocenters. The molecule has 0 spiro atoms. The molecule has 0 bridgehead atoms. The number of aromatic hydroxyl groups is 1. The predicted octanol–water partition coefficient (Wildman–Crippen LogP) is 3.85. The minimum absolute atomic E-state index is 0.420. The van der Waals surface area contributed by atoms with Gasteiger partial charge in [-0.3, -0.25) is 0 Å². The Kier molecular flexibility index (Phi) is 4.24. The van der Waals surface area contributed by atoms with Gasteiger partial charge in [0.15, 0.2) is 0 Å². The van der Waals surface area contributed by atoms with Crippen LogP contribution < -0.4 is 0 Å². The SMILES string of the molecule is C/C=C\CC(CC)c1ccccc1O. The molecule has 1 N–H and O–H groups in total. The molecule has 0 aliphatic rings. The molecule has 0 fully saturated rings. The van der Waals surface area contributed by atoms with Gasteiger partial charge in [0.05, 0.1) is 0 Å². The third-order valence-corrected chi connectivity index (χ3v) is 2.53. The van der Waals surface area contributed by atoms with Gasteiger partial charge in [0, 0.05) is 0 Å². The maximum Gasteiger partial charge on any atom is 0.119 e. The average Bonchev–Trinajstić information content (AvgIpc) is 2.21. The second-order valence-corrected chi connectivity index (χ2v) is 3.47. The molecule has 0 heterocycles. The van der Waals surface area contributed by atoms with Gasteiger partial charge in [0.25, 0.3) is 0 Å². The zero-order chi connectivity index (χ0) is 10.4. The lowest BCUT2D eigenvalue weighted by molar-refractivity contribution is 0.459. The van der Waals surface area contributed by atoms with Crippen LogP contribution in [0.25, 0.3) is 0 Å². The van der Waals surface area contributed by atoms with E-state index in [4.69, 9.17) is 0 Å². The Morgan fingerprint density at radius 3 is 2.64 bits per heavy atom. The highest BCUT2D eigenvalue weighted by molar-refractivity contribution is 5.35. The standard InChI is InChI=1S/C13H18O/c1-3-5-8-11(4-2)12-9-6-7-10-13(12)14/h3,5-7,9-11,14H,4,8H2,1-2H3/b5-3-. The Balaban J connectivity index is 2.83. The van der Waals surface area contributed by atoms with Crippen LogP contribution in [-0.4, -0.2) is 5.11 Å². The van der Waals surface area contributed by atoms with Gasteiger partial charge in [0.1, 0.15) is 5.75 Å². The van der Waals surface area contributed by atoms with Crippen molar-refractivity contribution in [2.24, 2.45) is 0 Å². The predicted molar refractivity (Wildman–Crippen MR) is 60.6 cm³/mol. The summed E-state index contributed by atoms with van der Waals surface area (Å²) in [4.78, 5) is 0. The minimum atomic E-state index is 0.420. The topological polar surface area (TPSA) is 20.2 Å². The van der Waals surface area contributed by atoms with E-state index in [1.54, 1.807) is 6.07 Å². The molecule has 1 heteroatoms. The van der Waals surface area contributed by atoms with E-state index in [-0.39, 0.29) is 0 Å². The van der Waals surface area contributed by atoms with Crippen molar-refractivity contribution < 1.29 is 5.11 Å². The van der Waals surface area contributed by atoms with Crippen molar-refractivity contribution >= 4 is 0 Å². The van der Waals surface area contributed by atoms with Gasteiger partial charge >= 0.3 is 0 Å². The Bertz CT molecular complexity index is 302. The summed E-state index contributed by atoms with van der Waals surface area (Å²) >= 11 is 0. The van der Waals surface area contributed by atoms with Gasteiger partial charge in [-0.1, -0.05) is 37.3 Å². The van der Waals surface area contributed by atoms with E-state index >= 15 is 0 Å². The van der Waals surface area contributed by atoms with Crippen molar-refractivity contribution in [3.8, 4) is 5.75 Å². The molecule has 1 nitrogen and oxygen atoms in total. The third kappa shape index (κ3) is 2.63. The first-order chi connectivity index (χ1) is 6.79. The van der Waals surface area contributed by atoms with Crippen LogP contribution in [0.3, 0.4) is 0 Å². The molecule has 76 valence electrons. The van der Waals surface area contributed by atoms with Crippen LogP contribution in [0.15, 0.2) is 36.4 Å². The lowest BCUT2D eigenvalue weighted by Gasteiger charge is -2.14. The smallest absolute Gasteiger partial charge is 0.119 e. The summed E-state index contributed by atoms with van der Waals surface area (Å²) in [6, 6.07) is 7.61. The summed E-state index contributed by atoms with van der Waals surface area (Å²) in [5.74, 6) is 0.858. The minimum Gasteiger partial charge on any atom is -0.508 e. The number of benzene rings is 1. The number of hydrogen-bond acceptors (Lipinski definition) is 1. The molecule has 0 aliphatic carbocycles. The summed E-state index contributed by atoms with van der Waals surface area (Å²) in [7, 11) is 0. The number of rotatable bonds is 4. The molecule has 0 saturated heterocycles. The fourth-order valence-corrected chi connectivity index (χ4v) is 1.65. The van der Waals surface area contributed by atoms with Crippen LogP contribution >= 0.6 is 0 Å². The lowest BCUT2D eigenvalue weighted by atomic mass is 9.92. The molecule has 1 aromatic carbocycles. The van der Waals surface area contributed by atoms with Gasteiger partial charge in [0.2, 0.25) is 0 Å². The van der Waals surface area contributed by atoms with Crippen LogP contribution in [0.2, 0.25) is 0 Å². The second-order valence-electron chi connectivity index (χ2n) is 3.47. The van der Waals surface area contributed by atoms with Crippen molar-refractivity contribution in [3.63, 3.8) is 0 Å². The van der Waals surface area contributed by atoms with Gasteiger partial charge in [-0.15, -0.1) is 0 Å². The van der Waals surface area contributed by atoms with Crippen LogP contribution in [0.4, 0.5) is 0 Å². The monoisotopic (exact) mass is 190 g/mol. The van der Waals surface area contributed by atoms with E-state index in [1.807, 2.05) is 25.1 Å². The van der Waals surface area contributed by atoms with E-state index in [0.29, 0.717) is 11.7 Å². The summed E-state index contributed by atoms with van der Waals surface area (Å²) in [6.07, 6.45) is 6.27. The fourth-order valence-electron chi connectivity index (χ4n) is 1.65. The highest BCUT2D eigenvalue weighted by Crippen LogP contribution is 2.30. The molecule has 0 amide bonds. The lowest BCUT2D eigenvalue weighted by Crippen LogP contribution is -1.95. The molecule has 0 aliphatic heterocycles. The van der Waals surface area contributed by atoms with Crippen molar-refractivity contribution in [2.75, 3.05) is 0 Å². The van der Waals surface area contributed by atoms with Gasteiger partial charge in [-0.25, -0.2) is 0 Å². The van der Waals surface area contributed by atoms with Crippen LogP contribution in [0.1, 0.15) is 38.2 Å². The number of hydrogen-bond donors (Lipinski definition) is 1. The molecule has 1 unspecified atom stereocenters. The molecule has 14 heavy (non-hydrogen) atoms. The molecule has 0 radical (unpaired) electrons. The zero-order valence-corrected chi connectivity index (χ0v) is 8.90. The fraction of sp³-hybridized carbons (Fsp3) is 0.385. The molecular formula is C13H18O. The maximum absolute atomic E-state index is 9.69. The van der Waals surface area contributed by atoms with Gasteiger partial charge in [-0.05, 0) is 37.3 Å². The largest absolute Gasteiger partial charge is 0.508 e. The van der Waals surface area contributed by atoms with E-state index in [9.17, 15) is 5.11 Å². The molecule has 1 rings (SSSR count). The highest BCUT2D eigenvalue weighted by Gasteiger charge is 2.10. The summed E-state index contributed by atoms with van der Waals surface area (Å²) in [6.45, 7) is 4.18. The Labute approximate surface area is 86.1 Å². The molecule has 0 saturated carbocycles. The van der Waals surface area contributed by atoms with Crippen LogP contribution in [-0.2, 0) is 0 Å². The first-order valence-electron chi connectivity index (χ1n) is 5.18. The van der Waals surface area contributed by atoms with E-state index in [0.717, 1.165) is 18.4 Å². The molecule has 1 aromatic rings. The first kappa shape index (κ1) is 10.8. The van der Waals surface area contributed by atoms with Crippen molar-refractivity contribution in [1.29, 1.82) is 0 Å². The summed E-state index contributed by atoms with van der Waals surface area (Å²) in [5, 5.41) is 9.69. The van der Waals surface area contributed by atoms with Crippen LogP contribution in [0, 0.1) is 0 Å². The van der Waals surface area contributed by atoms with Crippen molar-refractivity contribution in [1.82, 2.24) is 0 Å². The normalized spacial score (nSPS) is 13.3. The van der Waals surface area contributed by atoms with Crippen LogP contribution in [0.5, 0.6) is 5.75 Å². The van der Waals surface area contributed by atoms with E-state index in [1.165, 1.54) is 0 Å². The summed E-state index contributed by atoms with van der Waals surface area (Å²) < 4.78 is 0. The zero-order valence-electron chi connectivity index (χ0n) is 8.90. The maximum atomic E-state index is 9.69. The van der Waals surface area contributed by atoms with Crippen molar-refractivity contribution in [2.45, 2.75) is 32.6 Å². The van der Waals surface area contributed by atoms with E-state index in [2.05, 4.69) is 19.1 Å². The Hall–Kier alpha value is -1.24. The van der Waals surface area contributed by atoms with Crippen molar-refractivity contribution in [3.05, 3.63) is 42.0 Å². The Morgan fingerprint density at radius 2 is 2.07 bits per heavy atom. The Morgan fingerprint density at radius 1 is 1.36 bits per heavy atom. The third-order valence-electron chi connectivity index (χ3n) is 2.53.